The van der Waals surface area contributed by atoms with Crippen molar-refractivity contribution >= 4 is 10.2 Å². The quantitative estimate of drug-likeness (QED) is 0.728. The summed E-state index contributed by atoms with van der Waals surface area (Å²) in [7, 11) is -4.55. The van der Waals surface area contributed by atoms with E-state index in [0.29, 0.717) is 5.92 Å². The first kappa shape index (κ1) is 11.2. The lowest BCUT2D eigenvalue weighted by atomic mass is 9.99. The highest BCUT2D eigenvalue weighted by molar-refractivity contribution is 7.86. The average molecular weight is 216 g/mol. The van der Waals surface area contributed by atoms with E-state index in [9.17, 15) is 12.3 Å². The van der Waals surface area contributed by atoms with Gasteiger partial charge in [0.05, 0.1) is 4.90 Å². The summed E-state index contributed by atoms with van der Waals surface area (Å²) >= 11 is 0. The Balaban J connectivity index is 3.01. The molecule has 0 heterocycles. The van der Waals surface area contributed by atoms with Crippen LogP contribution in [0.4, 0.5) is 3.89 Å². The zero-order valence-corrected chi connectivity index (χ0v) is 9.01. The molecular weight excluding hydrogens is 203 g/mol. The lowest BCUT2D eigenvalue weighted by molar-refractivity contribution is 0.552. The molecule has 0 N–H and O–H groups in total. The maximum absolute atomic E-state index is 12.5. The van der Waals surface area contributed by atoms with Crippen molar-refractivity contribution in [3.05, 3.63) is 29.8 Å². The average Bonchev–Trinajstić information content (AvgIpc) is 2.15. The third kappa shape index (κ3) is 2.54. The van der Waals surface area contributed by atoms with Gasteiger partial charge in [0.2, 0.25) is 0 Å². The lowest BCUT2D eigenvalue weighted by Gasteiger charge is -2.08. The minimum absolute atomic E-state index is 0.274. The molecule has 0 aliphatic heterocycles. The molecule has 0 aliphatic carbocycles. The highest BCUT2D eigenvalue weighted by Crippen LogP contribution is 2.21. The van der Waals surface area contributed by atoms with Crippen molar-refractivity contribution in [1.29, 1.82) is 0 Å². The molecule has 14 heavy (non-hydrogen) atoms. The van der Waals surface area contributed by atoms with Gasteiger partial charge in [-0.15, -0.1) is 3.89 Å². The van der Waals surface area contributed by atoms with Crippen LogP contribution in [0.1, 0.15) is 31.7 Å². The predicted octanol–water partition coefficient (Wildman–Crippen LogP) is 2.86. The summed E-state index contributed by atoms with van der Waals surface area (Å²) in [4.78, 5) is -0.274. The van der Waals surface area contributed by atoms with E-state index >= 15 is 0 Å². The fourth-order valence-electron chi connectivity index (χ4n) is 1.19. The SMILES string of the molecule is CC[C@@H](C)c1ccc(S(=O)(=O)F)cc1. The summed E-state index contributed by atoms with van der Waals surface area (Å²) in [6, 6.07) is 5.91. The van der Waals surface area contributed by atoms with Crippen molar-refractivity contribution in [2.45, 2.75) is 31.1 Å². The second-order valence-corrected chi connectivity index (χ2v) is 4.66. The van der Waals surface area contributed by atoms with Crippen molar-refractivity contribution in [3.8, 4) is 0 Å². The Morgan fingerprint density at radius 3 is 2.14 bits per heavy atom. The smallest absolute Gasteiger partial charge is 0.189 e. The van der Waals surface area contributed by atoms with Crippen LogP contribution in [0.3, 0.4) is 0 Å². The highest BCUT2D eigenvalue weighted by atomic mass is 32.3. The molecule has 4 heteroatoms. The fraction of sp³-hybridized carbons (Fsp3) is 0.400. The van der Waals surface area contributed by atoms with E-state index in [-0.39, 0.29) is 4.90 Å². The van der Waals surface area contributed by atoms with Gasteiger partial charge in [0.1, 0.15) is 0 Å². The molecule has 2 nitrogen and oxygen atoms in total. The summed E-state index contributed by atoms with van der Waals surface area (Å²) in [6.45, 7) is 4.09. The molecule has 0 bridgehead atoms. The van der Waals surface area contributed by atoms with Crippen LogP contribution < -0.4 is 0 Å². The maximum atomic E-state index is 12.5. The molecule has 0 saturated carbocycles. The molecule has 0 radical (unpaired) electrons. The molecule has 0 aromatic heterocycles. The first-order chi connectivity index (χ1) is 6.45. The Labute approximate surface area is 84.0 Å². The zero-order valence-electron chi connectivity index (χ0n) is 8.20. The van der Waals surface area contributed by atoms with Gasteiger partial charge in [-0.2, -0.15) is 8.42 Å². The molecular formula is C10H13FO2S. The zero-order chi connectivity index (χ0) is 10.8. The van der Waals surface area contributed by atoms with Crippen LogP contribution in [-0.2, 0) is 10.2 Å². The van der Waals surface area contributed by atoms with Gasteiger partial charge in [-0.3, -0.25) is 0 Å². The highest BCUT2D eigenvalue weighted by Gasteiger charge is 2.11. The molecule has 0 unspecified atom stereocenters. The third-order valence-corrected chi connectivity index (χ3v) is 3.18. The summed E-state index contributed by atoms with van der Waals surface area (Å²) in [5, 5.41) is 0. The van der Waals surface area contributed by atoms with E-state index in [0.717, 1.165) is 12.0 Å². The first-order valence-electron chi connectivity index (χ1n) is 4.49. The van der Waals surface area contributed by atoms with Gasteiger partial charge in [0.25, 0.3) is 0 Å². The minimum Gasteiger partial charge on any atom is -0.189 e. The lowest BCUT2D eigenvalue weighted by Crippen LogP contribution is -1.94. The molecule has 1 rings (SSSR count). The fourth-order valence-corrected chi connectivity index (χ4v) is 1.66. The van der Waals surface area contributed by atoms with Crippen LogP contribution >= 0.6 is 0 Å². The summed E-state index contributed by atoms with van der Waals surface area (Å²) < 4.78 is 33.5. The van der Waals surface area contributed by atoms with Gasteiger partial charge in [-0.25, -0.2) is 0 Å². The van der Waals surface area contributed by atoms with Crippen LogP contribution in [-0.4, -0.2) is 8.42 Å². The molecule has 0 amide bonds. The largest absolute Gasteiger partial charge is 0.332 e. The Kier molecular flexibility index (Phi) is 3.26. The summed E-state index contributed by atoms with van der Waals surface area (Å²) in [5.41, 5.74) is 1.03. The Bertz CT molecular complexity index is 395. The normalized spacial score (nSPS) is 13.9. The van der Waals surface area contributed by atoms with Crippen LogP contribution in [0, 0.1) is 0 Å². The van der Waals surface area contributed by atoms with Gasteiger partial charge in [0, 0.05) is 0 Å². The van der Waals surface area contributed by atoms with E-state index in [1.807, 2.05) is 13.8 Å². The second kappa shape index (κ2) is 4.09. The van der Waals surface area contributed by atoms with Crippen molar-refractivity contribution in [1.82, 2.24) is 0 Å². The van der Waals surface area contributed by atoms with Gasteiger partial charge in [0.15, 0.2) is 0 Å². The number of benzene rings is 1. The van der Waals surface area contributed by atoms with Gasteiger partial charge < -0.3 is 0 Å². The van der Waals surface area contributed by atoms with Gasteiger partial charge >= 0.3 is 10.2 Å². The number of halogens is 1. The van der Waals surface area contributed by atoms with E-state index in [4.69, 9.17) is 0 Å². The molecule has 0 saturated heterocycles. The Hall–Kier alpha value is -0.900. The molecule has 0 fully saturated rings. The maximum Gasteiger partial charge on any atom is 0.332 e. The van der Waals surface area contributed by atoms with E-state index in [1.165, 1.54) is 12.1 Å². The molecule has 1 aromatic carbocycles. The minimum atomic E-state index is -4.55. The van der Waals surface area contributed by atoms with Crippen molar-refractivity contribution in [3.63, 3.8) is 0 Å². The van der Waals surface area contributed by atoms with Crippen LogP contribution in [0.2, 0.25) is 0 Å². The Morgan fingerprint density at radius 1 is 1.29 bits per heavy atom. The molecule has 78 valence electrons. The van der Waals surface area contributed by atoms with Crippen molar-refractivity contribution in [2.75, 3.05) is 0 Å². The topological polar surface area (TPSA) is 34.1 Å². The molecule has 1 aromatic rings. The Morgan fingerprint density at radius 2 is 1.79 bits per heavy atom. The summed E-state index contributed by atoms with van der Waals surface area (Å²) in [5.74, 6) is 0.367. The van der Waals surface area contributed by atoms with Crippen molar-refractivity contribution < 1.29 is 12.3 Å². The van der Waals surface area contributed by atoms with Gasteiger partial charge in [-0.1, -0.05) is 26.0 Å². The third-order valence-electron chi connectivity index (χ3n) is 2.34. The number of hydrogen-bond donors (Lipinski definition) is 0. The van der Waals surface area contributed by atoms with Crippen LogP contribution in [0.25, 0.3) is 0 Å². The van der Waals surface area contributed by atoms with Crippen LogP contribution in [0.15, 0.2) is 29.2 Å². The number of rotatable bonds is 3. The number of hydrogen-bond acceptors (Lipinski definition) is 2. The monoisotopic (exact) mass is 216 g/mol. The molecule has 0 spiro atoms. The van der Waals surface area contributed by atoms with Crippen LogP contribution in [0.5, 0.6) is 0 Å². The van der Waals surface area contributed by atoms with E-state index in [1.54, 1.807) is 12.1 Å². The molecule has 1 atom stereocenters. The molecule has 0 aliphatic rings. The van der Waals surface area contributed by atoms with E-state index < -0.39 is 10.2 Å². The standard InChI is InChI=1S/C10H13FO2S/c1-3-8(2)9-4-6-10(7-5-9)14(11,12)13/h4-8H,3H2,1-2H3/t8-/m1/s1. The van der Waals surface area contributed by atoms with Gasteiger partial charge in [-0.05, 0) is 30.0 Å². The predicted molar refractivity (Wildman–Crippen MR) is 53.4 cm³/mol. The second-order valence-electron chi connectivity index (χ2n) is 3.32. The van der Waals surface area contributed by atoms with E-state index in [2.05, 4.69) is 0 Å². The summed E-state index contributed by atoms with van der Waals surface area (Å²) in [6.07, 6.45) is 0.974. The first-order valence-corrected chi connectivity index (χ1v) is 5.88. The van der Waals surface area contributed by atoms with Crippen molar-refractivity contribution in [2.24, 2.45) is 0 Å².